The predicted octanol–water partition coefficient (Wildman–Crippen LogP) is 4.65. The molecule has 3 aromatic carbocycles. The zero-order chi connectivity index (χ0) is 27.5. The number of amides is 2. The minimum absolute atomic E-state index is 0.0633. The number of hydrogen-bond acceptors (Lipinski definition) is 6. The average Bonchev–Trinajstić information content (AvgIpc) is 2.96. The van der Waals surface area contributed by atoms with Crippen molar-refractivity contribution >= 4 is 11.8 Å². The van der Waals surface area contributed by atoms with E-state index in [-0.39, 0.29) is 18.4 Å². The fourth-order valence-corrected chi connectivity index (χ4v) is 5.67. The number of nitrogens with zero attached hydrogens (tertiary/aromatic N) is 1. The summed E-state index contributed by atoms with van der Waals surface area (Å²) in [5.74, 6) is 1.79. The third-order valence-corrected chi connectivity index (χ3v) is 7.41. The van der Waals surface area contributed by atoms with Crippen molar-refractivity contribution in [2.45, 2.75) is 38.8 Å². The van der Waals surface area contributed by atoms with Crippen molar-refractivity contribution in [3.05, 3.63) is 82.4 Å². The van der Waals surface area contributed by atoms with E-state index >= 15 is 0 Å². The fourth-order valence-electron chi connectivity index (χ4n) is 5.67. The van der Waals surface area contributed by atoms with E-state index in [9.17, 15) is 9.59 Å². The van der Waals surface area contributed by atoms with Gasteiger partial charge in [-0.1, -0.05) is 18.2 Å². The Labute approximate surface area is 228 Å². The van der Waals surface area contributed by atoms with E-state index in [2.05, 4.69) is 5.32 Å². The van der Waals surface area contributed by atoms with E-state index in [0.717, 1.165) is 22.3 Å². The van der Waals surface area contributed by atoms with E-state index in [1.165, 1.54) is 0 Å². The van der Waals surface area contributed by atoms with Crippen molar-refractivity contribution in [2.24, 2.45) is 0 Å². The van der Waals surface area contributed by atoms with Crippen molar-refractivity contribution in [2.75, 3.05) is 34.0 Å². The number of nitrogens with one attached hydrogen (secondary N) is 1. The van der Waals surface area contributed by atoms with Crippen molar-refractivity contribution in [3.63, 3.8) is 0 Å². The molecule has 2 aliphatic heterocycles. The first kappa shape index (κ1) is 26.4. The van der Waals surface area contributed by atoms with Crippen LogP contribution in [0.4, 0.5) is 0 Å². The van der Waals surface area contributed by atoms with Crippen LogP contribution in [0, 0.1) is 0 Å². The topological polar surface area (TPSA) is 86.3 Å². The number of hydrogen-bond donors (Lipinski definition) is 1. The molecule has 2 atom stereocenters. The third kappa shape index (κ3) is 4.87. The first-order valence-corrected chi connectivity index (χ1v) is 13.3. The molecule has 2 heterocycles. The van der Waals surface area contributed by atoms with Crippen LogP contribution in [0.5, 0.6) is 23.0 Å². The van der Waals surface area contributed by atoms with Gasteiger partial charge in [-0.25, -0.2) is 0 Å². The van der Waals surface area contributed by atoms with Crippen LogP contribution in [0.25, 0.3) is 0 Å². The lowest BCUT2D eigenvalue weighted by molar-refractivity contribution is -0.124. The Morgan fingerprint density at radius 1 is 0.923 bits per heavy atom. The van der Waals surface area contributed by atoms with Crippen molar-refractivity contribution in [1.29, 1.82) is 0 Å². The largest absolute Gasteiger partial charge is 0.497 e. The van der Waals surface area contributed by atoms with Crippen molar-refractivity contribution < 1.29 is 28.5 Å². The lowest BCUT2D eigenvalue weighted by atomic mass is 9.75. The molecule has 0 unspecified atom stereocenters. The Balaban J connectivity index is 1.56. The van der Waals surface area contributed by atoms with Gasteiger partial charge in [-0.05, 0) is 73.4 Å². The maximum Gasteiger partial charge on any atom is 0.254 e. The summed E-state index contributed by atoms with van der Waals surface area (Å²) in [4.78, 5) is 29.5. The molecule has 8 heteroatoms. The van der Waals surface area contributed by atoms with Gasteiger partial charge in [0.25, 0.3) is 5.91 Å². The van der Waals surface area contributed by atoms with Crippen LogP contribution < -0.4 is 24.3 Å². The minimum Gasteiger partial charge on any atom is -0.497 e. The predicted molar refractivity (Wildman–Crippen MR) is 147 cm³/mol. The highest BCUT2D eigenvalue weighted by Gasteiger charge is 2.46. The smallest absolute Gasteiger partial charge is 0.254 e. The number of ether oxygens (including phenoxy) is 4. The highest BCUT2D eigenvalue weighted by atomic mass is 16.5. The van der Waals surface area contributed by atoms with Gasteiger partial charge >= 0.3 is 0 Å². The molecule has 3 aromatic rings. The number of carbonyl (C=O) groups excluding carboxylic acids is 2. The Kier molecular flexibility index (Phi) is 7.63. The molecule has 0 aliphatic carbocycles. The first-order chi connectivity index (χ1) is 19.0. The number of fused-ring (bicyclic) bond motifs is 4. The SMILES string of the molecule is CCOc1cc2c(cc1OCC)[C@@H]1[C@H](C(=O)NCc3cc(OC)ccc3OC)c3ccccc3C(=O)N1CC2. The van der Waals surface area contributed by atoms with Crippen LogP contribution in [0.2, 0.25) is 0 Å². The molecule has 2 aliphatic rings. The van der Waals surface area contributed by atoms with Crippen molar-refractivity contribution in [3.8, 4) is 23.0 Å². The van der Waals surface area contributed by atoms with E-state index in [1.807, 2.05) is 67.3 Å². The molecule has 8 nitrogen and oxygen atoms in total. The van der Waals surface area contributed by atoms with E-state index < -0.39 is 12.0 Å². The van der Waals surface area contributed by atoms with Crippen LogP contribution in [0.15, 0.2) is 54.6 Å². The van der Waals surface area contributed by atoms with Gasteiger partial charge < -0.3 is 29.2 Å². The normalized spacial score (nSPS) is 17.4. The molecular weight excluding hydrogens is 496 g/mol. The van der Waals surface area contributed by atoms with Gasteiger partial charge in [0, 0.05) is 24.2 Å². The van der Waals surface area contributed by atoms with Crippen LogP contribution in [-0.2, 0) is 17.8 Å². The zero-order valence-electron chi connectivity index (χ0n) is 22.8. The van der Waals surface area contributed by atoms with Gasteiger partial charge in [0.15, 0.2) is 11.5 Å². The molecule has 0 fully saturated rings. The molecule has 204 valence electrons. The molecule has 0 aromatic heterocycles. The highest BCUT2D eigenvalue weighted by Crippen LogP contribution is 2.48. The molecule has 0 saturated heterocycles. The maximum atomic E-state index is 14.1. The van der Waals surface area contributed by atoms with Gasteiger partial charge in [-0.3, -0.25) is 9.59 Å². The monoisotopic (exact) mass is 530 g/mol. The van der Waals surface area contributed by atoms with Gasteiger partial charge in [-0.15, -0.1) is 0 Å². The molecule has 0 bridgehead atoms. The molecular formula is C31H34N2O6. The second-order valence-electron chi connectivity index (χ2n) is 9.52. The average molecular weight is 531 g/mol. The van der Waals surface area contributed by atoms with Gasteiger partial charge in [0.05, 0.1) is 39.4 Å². The number of carbonyl (C=O) groups is 2. The summed E-state index contributed by atoms with van der Waals surface area (Å²) >= 11 is 0. The van der Waals surface area contributed by atoms with E-state index in [1.54, 1.807) is 20.3 Å². The first-order valence-electron chi connectivity index (χ1n) is 13.3. The summed E-state index contributed by atoms with van der Waals surface area (Å²) < 4.78 is 22.7. The van der Waals surface area contributed by atoms with Crippen LogP contribution in [0.1, 0.15) is 58.4 Å². The molecule has 0 saturated carbocycles. The number of benzene rings is 3. The summed E-state index contributed by atoms with van der Waals surface area (Å²) in [6, 6.07) is 16.4. The van der Waals surface area contributed by atoms with Crippen LogP contribution in [0.3, 0.4) is 0 Å². The van der Waals surface area contributed by atoms with Gasteiger partial charge in [0.1, 0.15) is 11.5 Å². The number of rotatable bonds is 9. The van der Waals surface area contributed by atoms with Crippen LogP contribution >= 0.6 is 0 Å². The molecule has 0 spiro atoms. The molecule has 2 amide bonds. The summed E-state index contributed by atoms with van der Waals surface area (Å²) in [5, 5.41) is 3.12. The second-order valence-corrected chi connectivity index (χ2v) is 9.52. The van der Waals surface area contributed by atoms with Gasteiger partial charge in [0.2, 0.25) is 5.91 Å². The lowest BCUT2D eigenvalue weighted by Gasteiger charge is -2.45. The Morgan fingerprint density at radius 2 is 1.67 bits per heavy atom. The van der Waals surface area contributed by atoms with E-state index in [0.29, 0.717) is 54.7 Å². The van der Waals surface area contributed by atoms with Gasteiger partial charge in [-0.2, -0.15) is 0 Å². The minimum atomic E-state index is -0.609. The molecule has 1 N–H and O–H groups in total. The molecule has 39 heavy (non-hydrogen) atoms. The highest BCUT2D eigenvalue weighted by molar-refractivity contribution is 6.01. The summed E-state index contributed by atoms with van der Waals surface area (Å²) in [6.07, 6.45) is 0.668. The quantitative estimate of drug-likeness (QED) is 0.433. The summed E-state index contributed by atoms with van der Waals surface area (Å²) in [6.45, 7) is 5.60. The molecule has 0 radical (unpaired) electrons. The lowest BCUT2D eigenvalue weighted by Crippen LogP contribution is -2.50. The maximum absolute atomic E-state index is 14.1. The fraction of sp³-hybridized carbons (Fsp3) is 0.355. The Morgan fingerprint density at radius 3 is 2.38 bits per heavy atom. The van der Waals surface area contributed by atoms with E-state index in [4.69, 9.17) is 18.9 Å². The third-order valence-electron chi connectivity index (χ3n) is 7.41. The van der Waals surface area contributed by atoms with Crippen LogP contribution in [-0.4, -0.2) is 50.7 Å². The zero-order valence-corrected chi connectivity index (χ0v) is 22.8. The van der Waals surface area contributed by atoms with Crippen molar-refractivity contribution in [1.82, 2.24) is 10.2 Å². The second kappa shape index (κ2) is 11.3. The Bertz CT molecular complexity index is 1390. The standard InChI is InChI=1S/C31H34N2O6/c1-5-38-26-16-19-13-14-33-29(24(19)17-27(26)39-6-2)28(22-9-7-8-10-23(22)31(33)35)30(34)32-18-20-15-21(36-3)11-12-25(20)37-4/h7-12,15-17,28-29H,5-6,13-14,18H2,1-4H3,(H,32,34)/t28-,29-/m1/s1. The molecule has 5 rings (SSSR count). The summed E-state index contributed by atoms with van der Waals surface area (Å²) in [5.41, 5.74) is 4.05. The number of methoxy groups -OCH3 is 2. The summed E-state index contributed by atoms with van der Waals surface area (Å²) in [7, 11) is 3.20. The Hall–Kier alpha value is -4.20.